The second-order valence-electron chi connectivity index (χ2n) is 4.39. The molecular formula is C11H20F2N6O. The van der Waals surface area contributed by atoms with Crippen molar-refractivity contribution in [1.82, 2.24) is 15.0 Å². The number of nitrogens with one attached hydrogen (secondary N) is 2. The first-order valence-electron chi connectivity index (χ1n) is 6.31. The molecule has 3 N–H and O–H groups in total. The molecule has 20 heavy (non-hydrogen) atoms. The molecule has 9 heteroatoms. The van der Waals surface area contributed by atoms with Crippen LogP contribution in [0.4, 0.5) is 26.6 Å². The van der Waals surface area contributed by atoms with Gasteiger partial charge in [0.25, 0.3) is 6.43 Å². The first-order chi connectivity index (χ1) is 9.43. The van der Waals surface area contributed by atoms with Gasteiger partial charge < -0.3 is 20.6 Å². The molecule has 0 aromatic carbocycles. The highest BCUT2D eigenvalue weighted by Crippen LogP contribution is 2.12. The zero-order valence-electron chi connectivity index (χ0n) is 11.8. The van der Waals surface area contributed by atoms with Gasteiger partial charge in [-0.05, 0) is 6.42 Å². The lowest BCUT2D eigenvalue weighted by molar-refractivity contribution is 0.00376. The lowest BCUT2D eigenvalue weighted by atomic mass is 10.4. The van der Waals surface area contributed by atoms with Crippen LogP contribution in [0.3, 0.4) is 0 Å². The molecular weight excluding hydrogens is 270 g/mol. The Morgan fingerprint density at radius 2 is 1.75 bits per heavy atom. The van der Waals surface area contributed by atoms with Crippen molar-refractivity contribution in [1.29, 1.82) is 0 Å². The van der Waals surface area contributed by atoms with E-state index in [1.807, 2.05) is 6.92 Å². The molecule has 1 aromatic heterocycles. The van der Waals surface area contributed by atoms with Crippen LogP contribution in [0, 0.1) is 0 Å². The van der Waals surface area contributed by atoms with Crippen molar-refractivity contribution in [3.8, 4) is 0 Å². The average molecular weight is 290 g/mol. The zero-order valence-corrected chi connectivity index (χ0v) is 11.8. The Balaban J connectivity index is 2.80. The van der Waals surface area contributed by atoms with E-state index in [1.54, 1.807) is 19.0 Å². The number of alkyl halides is 2. The number of hydrogen-bond acceptors (Lipinski definition) is 7. The van der Waals surface area contributed by atoms with Crippen LogP contribution in [0.5, 0.6) is 0 Å². The van der Waals surface area contributed by atoms with Crippen LogP contribution >= 0.6 is 0 Å². The van der Waals surface area contributed by atoms with Gasteiger partial charge >= 0.3 is 0 Å². The van der Waals surface area contributed by atoms with E-state index in [0.29, 0.717) is 18.4 Å². The molecule has 0 fully saturated rings. The maximum Gasteiger partial charge on any atom is 0.265 e. The largest absolute Gasteiger partial charge is 0.385 e. The summed E-state index contributed by atoms with van der Waals surface area (Å²) in [5, 5.41) is 14.6. The molecule has 1 rings (SSSR count). The fourth-order valence-electron chi connectivity index (χ4n) is 1.24. The van der Waals surface area contributed by atoms with E-state index in [1.165, 1.54) is 0 Å². The van der Waals surface area contributed by atoms with Crippen molar-refractivity contribution in [2.24, 2.45) is 0 Å². The minimum atomic E-state index is -2.81. The first-order valence-corrected chi connectivity index (χ1v) is 6.31. The molecule has 1 atom stereocenters. The number of nitrogens with zero attached hydrogens (tertiary/aromatic N) is 4. The normalized spacial score (nSPS) is 12.3. The highest BCUT2D eigenvalue weighted by Gasteiger charge is 2.17. The molecule has 0 bridgehead atoms. The lowest BCUT2D eigenvalue weighted by Crippen LogP contribution is -2.28. The minimum Gasteiger partial charge on any atom is -0.385 e. The van der Waals surface area contributed by atoms with E-state index < -0.39 is 12.5 Å². The number of aromatic nitrogens is 3. The molecule has 0 spiro atoms. The fraction of sp³-hybridized carbons (Fsp3) is 0.727. The number of hydrogen-bond donors (Lipinski definition) is 3. The van der Waals surface area contributed by atoms with Crippen LogP contribution in [0.15, 0.2) is 0 Å². The molecule has 1 heterocycles. The average Bonchev–Trinajstić information content (AvgIpc) is 2.42. The monoisotopic (exact) mass is 290 g/mol. The Morgan fingerprint density at radius 1 is 1.15 bits per heavy atom. The number of aliphatic hydroxyl groups is 1. The highest BCUT2D eigenvalue weighted by atomic mass is 19.3. The fourth-order valence-corrected chi connectivity index (χ4v) is 1.24. The highest BCUT2D eigenvalue weighted by molar-refractivity contribution is 5.42. The summed E-state index contributed by atoms with van der Waals surface area (Å²) in [7, 11) is 3.52. The van der Waals surface area contributed by atoms with Crippen molar-refractivity contribution in [2.75, 3.05) is 42.7 Å². The van der Waals surface area contributed by atoms with Crippen molar-refractivity contribution < 1.29 is 13.9 Å². The van der Waals surface area contributed by atoms with E-state index in [0.717, 1.165) is 6.42 Å². The van der Waals surface area contributed by atoms with Crippen LogP contribution in [0.25, 0.3) is 0 Å². The van der Waals surface area contributed by atoms with Gasteiger partial charge in [-0.15, -0.1) is 0 Å². The first kappa shape index (κ1) is 16.3. The summed E-state index contributed by atoms with van der Waals surface area (Å²) in [6.07, 6.45) is -3.67. The predicted octanol–water partition coefficient (Wildman–Crippen LogP) is 0.797. The maximum atomic E-state index is 12.2. The Kier molecular flexibility index (Phi) is 6.29. The number of rotatable bonds is 8. The van der Waals surface area contributed by atoms with E-state index in [-0.39, 0.29) is 12.5 Å². The van der Waals surface area contributed by atoms with Gasteiger partial charge in [-0.2, -0.15) is 15.0 Å². The number of halogens is 2. The topological polar surface area (TPSA) is 86.2 Å². The van der Waals surface area contributed by atoms with Gasteiger partial charge in [-0.3, -0.25) is 0 Å². The molecule has 0 aliphatic carbocycles. The molecule has 0 radical (unpaired) electrons. The zero-order chi connectivity index (χ0) is 15.1. The van der Waals surface area contributed by atoms with Crippen LogP contribution < -0.4 is 15.5 Å². The minimum absolute atomic E-state index is 0.141. The van der Waals surface area contributed by atoms with Gasteiger partial charge in [0.15, 0.2) is 0 Å². The summed E-state index contributed by atoms with van der Waals surface area (Å²) in [5.41, 5.74) is 0. The Hall–Kier alpha value is -1.77. The summed E-state index contributed by atoms with van der Waals surface area (Å²) in [4.78, 5) is 14.0. The Morgan fingerprint density at radius 3 is 2.25 bits per heavy atom. The molecule has 0 saturated carbocycles. The van der Waals surface area contributed by atoms with Gasteiger partial charge in [0, 0.05) is 27.2 Å². The van der Waals surface area contributed by atoms with Crippen LogP contribution in [0.2, 0.25) is 0 Å². The van der Waals surface area contributed by atoms with Gasteiger partial charge in [-0.25, -0.2) is 8.78 Å². The van der Waals surface area contributed by atoms with E-state index in [2.05, 4.69) is 25.6 Å². The third kappa shape index (κ3) is 5.08. The predicted molar refractivity (Wildman–Crippen MR) is 73.4 cm³/mol. The molecule has 0 amide bonds. The molecule has 114 valence electrons. The Labute approximate surface area is 116 Å². The number of anilines is 3. The lowest BCUT2D eigenvalue weighted by Gasteiger charge is -2.15. The van der Waals surface area contributed by atoms with Gasteiger partial charge in [-0.1, -0.05) is 6.92 Å². The molecule has 0 aliphatic rings. The molecule has 1 aromatic rings. The van der Waals surface area contributed by atoms with Crippen molar-refractivity contribution in [3.63, 3.8) is 0 Å². The second kappa shape index (κ2) is 7.73. The quantitative estimate of drug-likeness (QED) is 0.652. The van der Waals surface area contributed by atoms with Crippen LogP contribution in [-0.2, 0) is 0 Å². The van der Waals surface area contributed by atoms with E-state index in [4.69, 9.17) is 5.11 Å². The van der Waals surface area contributed by atoms with Crippen molar-refractivity contribution in [2.45, 2.75) is 25.9 Å². The van der Waals surface area contributed by atoms with Gasteiger partial charge in [0.05, 0.1) is 0 Å². The summed E-state index contributed by atoms with van der Waals surface area (Å²) in [5.74, 6) is 0.897. The van der Waals surface area contributed by atoms with Crippen LogP contribution in [-0.4, -0.2) is 59.8 Å². The van der Waals surface area contributed by atoms with Crippen LogP contribution in [0.1, 0.15) is 13.3 Å². The molecule has 0 aliphatic heterocycles. The van der Waals surface area contributed by atoms with E-state index in [9.17, 15) is 8.78 Å². The third-order valence-corrected chi connectivity index (χ3v) is 2.32. The number of aliphatic hydroxyl groups excluding tert-OH is 1. The standard InChI is InChI=1S/C11H20F2N6O/c1-4-5-14-9-16-10(15-6-7(20)8(12)13)18-11(17-9)19(2)3/h7-8,20H,4-6H2,1-3H3,(H2,14,15,16,17,18). The molecule has 7 nitrogen and oxygen atoms in total. The van der Waals surface area contributed by atoms with Crippen molar-refractivity contribution in [3.05, 3.63) is 0 Å². The maximum absolute atomic E-state index is 12.2. The molecule has 1 unspecified atom stereocenters. The second-order valence-corrected chi connectivity index (χ2v) is 4.39. The van der Waals surface area contributed by atoms with Gasteiger partial charge in [0.2, 0.25) is 17.8 Å². The van der Waals surface area contributed by atoms with E-state index >= 15 is 0 Å². The summed E-state index contributed by atoms with van der Waals surface area (Å²) >= 11 is 0. The summed E-state index contributed by atoms with van der Waals surface area (Å²) in [6.45, 7) is 2.36. The Bertz CT molecular complexity index is 418. The van der Waals surface area contributed by atoms with Crippen molar-refractivity contribution >= 4 is 17.8 Å². The molecule has 0 saturated heterocycles. The third-order valence-electron chi connectivity index (χ3n) is 2.32. The summed E-state index contributed by atoms with van der Waals surface area (Å²) in [6, 6.07) is 0. The summed E-state index contributed by atoms with van der Waals surface area (Å²) < 4.78 is 24.4. The smallest absolute Gasteiger partial charge is 0.265 e. The SMILES string of the molecule is CCCNc1nc(NCC(O)C(F)F)nc(N(C)C)n1. The van der Waals surface area contributed by atoms with Gasteiger partial charge in [0.1, 0.15) is 6.10 Å².